The smallest absolute Gasteiger partial charge is 0.138 e. The van der Waals surface area contributed by atoms with Crippen LogP contribution in [0, 0.1) is 6.92 Å². The van der Waals surface area contributed by atoms with Crippen LogP contribution in [0.5, 0.6) is 0 Å². The van der Waals surface area contributed by atoms with Crippen molar-refractivity contribution < 1.29 is 4.42 Å². The molecular weight excluding hydrogens is 148 g/mol. The zero-order chi connectivity index (χ0) is 8.39. The van der Waals surface area contributed by atoms with Crippen LogP contribution in [0.3, 0.4) is 0 Å². The van der Waals surface area contributed by atoms with E-state index in [0.717, 1.165) is 17.9 Å². The molecule has 0 spiro atoms. The van der Waals surface area contributed by atoms with Crippen molar-refractivity contribution in [3.63, 3.8) is 0 Å². The van der Waals surface area contributed by atoms with Crippen molar-refractivity contribution in [3.05, 3.63) is 47.1 Å². The van der Waals surface area contributed by atoms with Gasteiger partial charge in [-0.05, 0) is 25.5 Å². The lowest BCUT2D eigenvalue weighted by Gasteiger charge is -1.92. The quantitative estimate of drug-likeness (QED) is 0.529. The standard InChI is InChI=1S/C11H10O/c1-9-8-10-6-4-2-3-5-7-11(10)12-9/h2-4,7-8H,6H2,1H3/b4-2-. The third kappa shape index (κ3) is 1.27. The first-order valence-corrected chi connectivity index (χ1v) is 4.03. The van der Waals surface area contributed by atoms with E-state index in [1.807, 2.05) is 25.2 Å². The van der Waals surface area contributed by atoms with E-state index in [1.165, 1.54) is 5.56 Å². The van der Waals surface area contributed by atoms with E-state index in [9.17, 15) is 0 Å². The Bertz CT molecular complexity index is 374. The van der Waals surface area contributed by atoms with Crippen LogP contribution in [0.4, 0.5) is 0 Å². The minimum atomic E-state index is 0.938. The first-order valence-electron chi connectivity index (χ1n) is 4.03. The molecule has 1 heteroatoms. The van der Waals surface area contributed by atoms with E-state index in [-0.39, 0.29) is 0 Å². The van der Waals surface area contributed by atoms with E-state index in [2.05, 4.69) is 17.9 Å². The second kappa shape index (κ2) is 2.88. The van der Waals surface area contributed by atoms with Gasteiger partial charge in [0.25, 0.3) is 0 Å². The highest BCUT2D eigenvalue weighted by Crippen LogP contribution is 2.17. The average Bonchev–Trinajstić information content (AvgIpc) is 2.32. The zero-order valence-electron chi connectivity index (χ0n) is 7.00. The van der Waals surface area contributed by atoms with E-state index in [1.54, 1.807) is 0 Å². The van der Waals surface area contributed by atoms with Crippen molar-refractivity contribution in [2.75, 3.05) is 0 Å². The molecule has 1 aliphatic rings. The van der Waals surface area contributed by atoms with Crippen molar-refractivity contribution >= 4 is 6.08 Å². The molecule has 2 rings (SSSR count). The molecule has 0 fully saturated rings. The summed E-state index contributed by atoms with van der Waals surface area (Å²) in [6, 6.07) is 2.07. The summed E-state index contributed by atoms with van der Waals surface area (Å²) in [5.41, 5.74) is 4.27. The summed E-state index contributed by atoms with van der Waals surface area (Å²) in [6.07, 6.45) is 8.82. The minimum Gasteiger partial charge on any atom is -0.461 e. The van der Waals surface area contributed by atoms with E-state index in [0.29, 0.717) is 0 Å². The molecule has 0 saturated carbocycles. The van der Waals surface area contributed by atoms with E-state index in [4.69, 9.17) is 4.42 Å². The van der Waals surface area contributed by atoms with Gasteiger partial charge < -0.3 is 4.42 Å². The number of fused-ring (bicyclic) bond motifs is 1. The Morgan fingerprint density at radius 2 is 2.42 bits per heavy atom. The fraction of sp³-hybridized carbons (Fsp3) is 0.182. The van der Waals surface area contributed by atoms with Gasteiger partial charge in [-0.15, -0.1) is 5.73 Å². The largest absolute Gasteiger partial charge is 0.461 e. The van der Waals surface area contributed by atoms with Crippen molar-refractivity contribution in [3.8, 4) is 0 Å². The molecule has 0 saturated heterocycles. The molecule has 0 bridgehead atoms. The lowest BCUT2D eigenvalue weighted by molar-refractivity contribution is 0.523. The number of furan rings is 1. The first-order chi connectivity index (χ1) is 5.86. The van der Waals surface area contributed by atoms with Gasteiger partial charge in [0.2, 0.25) is 0 Å². The Kier molecular flexibility index (Phi) is 1.73. The molecule has 0 aromatic carbocycles. The van der Waals surface area contributed by atoms with Gasteiger partial charge >= 0.3 is 0 Å². The second-order valence-electron chi connectivity index (χ2n) is 2.86. The summed E-state index contributed by atoms with van der Waals surface area (Å²) < 4.78 is 5.47. The number of allylic oxidation sites excluding steroid dienone is 3. The fourth-order valence-electron chi connectivity index (χ4n) is 1.31. The summed E-state index contributed by atoms with van der Waals surface area (Å²) in [7, 11) is 0. The van der Waals surface area contributed by atoms with Crippen molar-refractivity contribution in [1.82, 2.24) is 0 Å². The molecule has 1 aromatic rings. The summed E-state index contributed by atoms with van der Waals surface area (Å²) in [4.78, 5) is 0. The second-order valence-corrected chi connectivity index (χ2v) is 2.86. The summed E-state index contributed by atoms with van der Waals surface area (Å²) >= 11 is 0. The van der Waals surface area contributed by atoms with Gasteiger partial charge in [0.15, 0.2) is 0 Å². The van der Waals surface area contributed by atoms with Crippen LogP contribution in [0.25, 0.3) is 6.08 Å². The van der Waals surface area contributed by atoms with Gasteiger partial charge in [0.05, 0.1) is 0 Å². The Balaban J connectivity index is 2.54. The molecule has 12 heavy (non-hydrogen) atoms. The predicted octanol–water partition coefficient (Wildman–Crippen LogP) is 2.87. The van der Waals surface area contributed by atoms with E-state index < -0.39 is 0 Å². The van der Waals surface area contributed by atoms with Crippen LogP contribution < -0.4 is 0 Å². The molecule has 0 unspecified atom stereocenters. The highest BCUT2D eigenvalue weighted by Gasteiger charge is 2.04. The summed E-state index contributed by atoms with van der Waals surface area (Å²) in [5.74, 6) is 1.90. The number of aryl methyl sites for hydroxylation is 1. The summed E-state index contributed by atoms with van der Waals surface area (Å²) in [6.45, 7) is 1.96. The third-order valence-electron chi connectivity index (χ3n) is 1.85. The molecule has 60 valence electrons. The Labute approximate surface area is 71.7 Å². The molecule has 0 radical (unpaired) electrons. The van der Waals surface area contributed by atoms with Crippen LogP contribution in [-0.2, 0) is 6.42 Å². The van der Waals surface area contributed by atoms with Gasteiger partial charge in [-0.2, -0.15) is 0 Å². The molecular formula is C11H10O. The molecule has 1 aromatic heterocycles. The maximum absolute atomic E-state index is 5.47. The van der Waals surface area contributed by atoms with Crippen molar-refractivity contribution in [1.29, 1.82) is 0 Å². The number of hydrogen-bond donors (Lipinski definition) is 0. The maximum Gasteiger partial charge on any atom is 0.138 e. The van der Waals surface area contributed by atoms with Crippen molar-refractivity contribution in [2.24, 2.45) is 0 Å². The highest BCUT2D eigenvalue weighted by atomic mass is 16.3. The highest BCUT2D eigenvalue weighted by molar-refractivity contribution is 5.49. The normalized spacial score (nSPS) is 16.8. The van der Waals surface area contributed by atoms with Gasteiger partial charge in [-0.3, -0.25) is 0 Å². The molecule has 0 amide bonds. The third-order valence-corrected chi connectivity index (χ3v) is 1.85. The Morgan fingerprint density at radius 1 is 1.50 bits per heavy atom. The molecule has 0 aliphatic heterocycles. The van der Waals surface area contributed by atoms with Crippen LogP contribution in [0.2, 0.25) is 0 Å². The molecule has 1 nitrogen and oxygen atoms in total. The van der Waals surface area contributed by atoms with Gasteiger partial charge in [0, 0.05) is 11.6 Å². The Hall–Kier alpha value is -1.46. The van der Waals surface area contributed by atoms with Crippen LogP contribution in [0.1, 0.15) is 17.1 Å². The minimum absolute atomic E-state index is 0.938. The lowest BCUT2D eigenvalue weighted by Crippen LogP contribution is -1.80. The predicted molar refractivity (Wildman–Crippen MR) is 48.8 cm³/mol. The van der Waals surface area contributed by atoms with Gasteiger partial charge in [-0.1, -0.05) is 12.2 Å². The van der Waals surface area contributed by atoms with Crippen LogP contribution in [-0.4, -0.2) is 0 Å². The van der Waals surface area contributed by atoms with Crippen LogP contribution in [0.15, 0.2) is 34.4 Å². The Morgan fingerprint density at radius 3 is 3.33 bits per heavy atom. The monoisotopic (exact) mass is 158 g/mol. The number of rotatable bonds is 0. The van der Waals surface area contributed by atoms with Crippen molar-refractivity contribution in [2.45, 2.75) is 13.3 Å². The molecule has 0 atom stereocenters. The topological polar surface area (TPSA) is 13.1 Å². The van der Waals surface area contributed by atoms with Gasteiger partial charge in [-0.25, -0.2) is 0 Å². The fourth-order valence-corrected chi connectivity index (χ4v) is 1.31. The number of hydrogen-bond acceptors (Lipinski definition) is 1. The lowest BCUT2D eigenvalue weighted by atomic mass is 10.1. The first kappa shape index (κ1) is 7.20. The molecule has 1 aliphatic carbocycles. The van der Waals surface area contributed by atoms with Crippen LogP contribution >= 0.6 is 0 Å². The summed E-state index contributed by atoms with van der Waals surface area (Å²) in [5, 5.41) is 0. The molecule has 0 N–H and O–H groups in total. The zero-order valence-corrected chi connectivity index (χ0v) is 7.00. The van der Waals surface area contributed by atoms with Gasteiger partial charge in [0.1, 0.15) is 11.5 Å². The van der Waals surface area contributed by atoms with E-state index >= 15 is 0 Å². The molecule has 1 heterocycles. The SMILES string of the molecule is Cc1cc2c(o1)C=C=C/C=C\C2. The maximum atomic E-state index is 5.47. The average molecular weight is 158 g/mol.